The average molecular weight is 240 g/mol. The number of hydrogen-bond acceptors (Lipinski definition) is 6. The Morgan fingerprint density at radius 2 is 1.88 bits per heavy atom. The van der Waals surface area contributed by atoms with Crippen LogP contribution in [0.2, 0.25) is 0 Å². The van der Waals surface area contributed by atoms with Crippen LogP contribution < -0.4 is 14.0 Å². The van der Waals surface area contributed by atoms with Gasteiger partial charge in [-0.05, 0) is 17.0 Å². The topological polar surface area (TPSA) is 87.5 Å². The second-order valence-electron chi connectivity index (χ2n) is 3.09. The summed E-state index contributed by atoms with van der Waals surface area (Å²) in [6.45, 7) is 0. The van der Waals surface area contributed by atoms with E-state index in [1.807, 2.05) is 0 Å². The van der Waals surface area contributed by atoms with E-state index in [4.69, 9.17) is 0 Å². The molecule has 0 saturated heterocycles. The molecule has 8 heteroatoms. The number of benzene rings is 1. The maximum absolute atomic E-state index is 11.7. The van der Waals surface area contributed by atoms with Crippen LogP contribution in [-0.4, -0.2) is 18.4 Å². The zero-order valence-electron chi connectivity index (χ0n) is 7.65. The lowest BCUT2D eigenvalue weighted by atomic mass is 10.2. The van der Waals surface area contributed by atoms with E-state index in [2.05, 4.69) is 13.6 Å². The SMILES string of the molecule is O=c1c2ccccc2c2nn1OS(=O)(=O)O2. The van der Waals surface area contributed by atoms with Crippen LogP contribution in [0.4, 0.5) is 0 Å². The lowest BCUT2D eigenvalue weighted by Gasteiger charge is -2.14. The number of rotatable bonds is 0. The molecule has 16 heavy (non-hydrogen) atoms. The molecule has 1 aromatic carbocycles. The van der Waals surface area contributed by atoms with Gasteiger partial charge in [-0.1, -0.05) is 17.2 Å². The number of aromatic nitrogens is 2. The summed E-state index contributed by atoms with van der Waals surface area (Å²) >= 11 is 0. The smallest absolute Gasteiger partial charge is 0.328 e. The van der Waals surface area contributed by atoms with Crippen molar-refractivity contribution in [2.24, 2.45) is 0 Å². The van der Waals surface area contributed by atoms with Gasteiger partial charge in [0.2, 0.25) is 0 Å². The molecule has 0 amide bonds. The van der Waals surface area contributed by atoms with Gasteiger partial charge in [0.15, 0.2) is 0 Å². The van der Waals surface area contributed by atoms with Crippen LogP contribution >= 0.6 is 0 Å². The standard InChI is InChI=1S/C8H4N2O5S/c11-8-6-4-2-1-3-5(6)7-9-10(8)15-16(12,13)14-7/h1-4H. The summed E-state index contributed by atoms with van der Waals surface area (Å²) in [6.07, 6.45) is 0. The van der Waals surface area contributed by atoms with E-state index >= 15 is 0 Å². The minimum absolute atomic E-state index is 0.165. The Morgan fingerprint density at radius 3 is 2.62 bits per heavy atom. The van der Waals surface area contributed by atoms with Gasteiger partial charge in [-0.3, -0.25) is 4.79 Å². The third-order valence-electron chi connectivity index (χ3n) is 2.09. The maximum Gasteiger partial charge on any atom is 0.523 e. The van der Waals surface area contributed by atoms with Gasteiger partial charge in [0.05, 0.1) is 10.8 Å². The Kier molecular flexibility index (Phi) is 1.56. The Hall–Kier alpha value is -2.09. The molecule has 82 valence electrons. The van der Waals surface area contributed by atoms with E-state index in [0.29, 0.717) is 10.2 Å². The quantitative estimate of drug-likeness (QED) is 0.614. The minimum atomic E-state index is -4.24. The molecule has 2 aromatic rings. The molecule has 2 heterocycles. The summed E-state index contributed by atoms with van der Waals surface area (Å²) in [7, 11) is -4.24. The van der Waals surface area contributed by atoms with E-state index in [-0.39, 0.29) is 11.3 Å². The molecule has 0 fully saturated rings. The first-order chi connectivity index (χ1) is 7.57. The Balaban J connectivity index is 2.51. The predicted molar refractivity (Wildman–Crippen MR) is 52.1 cm³/mol. The van der Waals surface area contributed by atoms with Gasteiger partial charge < -0.3 is 4.18 Å². The van der Waals surface area contributed by atoms with Crippen molar-refractivity contribution in [1.29, 1.82) is 0 Å². The fourth-order valence-electron chi connectivity index (χ4n) is 1.45. The third-order valence-corrected chi connectivity index (χ3v) is 2.77. The Bertz CT molecular complexity index is 749. The second kappa shape index (κ2) is 2.73. The summed E-state index contributed by atoms with van der Waals surface area (Å²) in [5.74, 6) is -0.165. The van der Waals surface area contributed by atoms with Crippen LogP contribution in [0.25, 0.3) is 10.8 Å². The molecule has 0 unspecified atom stereocenters. The van der Waals surface area contributed by atoms with Crippen LogP contribution in [0.3, 0.4) is 0 Å². The first-order valence-electron chi connectivity index (χ1n) is 4.23. The Morgan fingerprint density at radius 1 is 1.19 bits per heavy atom. The van der Waals surface area contributed by atoms with Crippen LogP contribution in [0.5, 0.6) is 5.88 Å². The summed E-state index contributed by atoms with van der Waals surface area (Å²) in [5, 5.41) is 4.19. The molecule has 1 aliphatic rings. The molecule has 0 spiro atoms. The van der Waals surface area contributed by atoms with Crippen molar-refractivity contribution >= 4 is 21.2 Å². The average Bonchev–Trinajstić information content (AvgIpc) is 2.24. The fourth-order valence-corrected chi connectivity index (χ4v) is 2.07. The van der Waals surface area contributed by atoms with Crippen molar-refractivity contribution < 1.29 is 16.9 Å². The van der Waals surface area contributed by atoms with Crippen molar-refractivity contribution in [1.82, 2.24) is 9.94 Å². The summed E-state index contributed by atoms with van der Waals surface area (Å²) < 4.78 is 31.0. The second-order valence-corrected chi connectivity index (χ2v) is 4.23. The maximum atomic E-state index is 11.7. The van der Waals surface area contributed by atoms with Gasteiger partial charge in [-0.15, -0.1) is 8.42 Å². The molecule has 0 radical (unpaired) electrons. The molecule has 0 atom stereocenters. The van der Waals surface area contributed by atoms with Crippen molar-refractivity contribution in [3.8, 4) is 5.88 Å². The normalized spacial score (nSPS) is 16.5. The molecule has 0 aliphatic carbocycles. The van der Waals surface area contributed by atoms with Crippen LogP contribution in [-0.2, 0) is 10.4 Å². The monoisotopic (exact) mass is 240 g/mol. The van der Waals surface area contributed by atoms with E-state index < -0.39 is 16.0 Å². The molecular weight excluding hydrogens is 236 g/mol. The van der Waals surface area contributed by atoms with Gasteiger partial charge >= 0.3 is 16.0 Å². The van der Waals surface area contributed by atoms with Crippen LogP contribution in [0.1, 0.15) is 0 Å². The number of fused-ring (bicyclic) bond motifs is 4. The zero-order chi connectivity index (χ0) is 11.3. The summed E-state index contributed by atoms with van der Waals surface area (Å²) in [6, 6.07) is 6.37. The van der Waals surface area contributed by atoms with E-state index in [0.717, 1.165) is 0 Å². The van der Waals surface area contributed by atoms with Crippen molar-refractivity contribution in [3.05, 3.63) is 34.6 Å². The highest BCUT2D eigenvalue weighted by atomic mass is 32.3. The van der Waals surface area contributed by atoms with Gasteiger partial charge in [0.1, 0.15) is 0 Å². The molecule has 1 aromatic heterocycles. The van der Waals surface area contributed by atoms with Crippen molar-refractivity contribution in [2.45, 2.75) is 0 Å². The minimum Gasteiger partial charge on any atom is -0.328 e. The van der Waals surface area contributed by atoms with E-state index in [1.54, 1.807) is 18.2 Å². The molecule has 2 bridgehead atoms. The van der Waals surface area contributed by atoms with E-state index in [1.165, 1.54) is 6.07 Å². The number of hydrogen-bond donors (Lipinski definition) is 0. The molecule has 3 rings (SSSR count). The largest absolute Gasteiger partial charge is 0.523 e. The van der Waals surface area contributed by atoms with Crippen LogP contribution in [0.15, 0.2) is 29.1 Å². The first-order valence-corrected chi connectivity index (χ1v) is 5.57. The third kappa shape index (κ3) is 1.16. The fraction of sp³-hybridized carbons (Fsp3) is 0. The molecule has 0 saturated carbocycles. The van der Waals surface area contributed by atoms with E-state index in [9.17, 15) is 13.2 Å². The van der Waals surface area contributed by atoms with Crippen molar-refractivity contribution in [3.63, 3.8) is 0 Å². The zero-order valence-corrected chi connectivity index (χ0v) is 8.47. The van der Waals surface area contributed by atoms with Gasteiger partial charge in [-0.25, -0.2) is 4.28 Å². The summed E-state index contributed by atoms with van der Waals surface area (Å²) in [4.78, 5) is 12.1. The van der Waals surface area contributed by atoms with Gasteiger partial charge in [0, 0.05) is 0 Å². The lowest BCUT2D eigenvalue weighted by molar-refractivity contribution is 0.170. The molecule has 7 nitrogen and oxygen atoms in total. The van der Waals surface area contributed by atoms with Gasteiger partial charge in [0.25, 0.3) is 5.88 Å². The van der Waals surface area contributed by atoms with Crippen molar-refractivity contribution in [2.75, 3.05) is 0 Å². The highest BCUT2D eigenvalue weighted by Crippen LogP contribution is 2.23. The first kappa shape index (κ1) is 9.16. The van der Waals surface area contributed by atoms with Gasteiger partial charge in [-0.2, -0.15) is 0 Å². The molecule has 1 aliphatic heterocycles. The number of nitrogens with zero attached hydrogens (tertiary/aromatic N) is 2. The van der Waals surface area contributed by atoms with Crippen LogP contribution in [0, 0.1) is 0 Å². The highest BCUT2D eigenvalue weighted by Gasteiger charge is 2.27. The molecular formula is C8H4N2O5S. The lowest BCUT2D eigenvalue weighted by Crippen LogP contribution is -2.39. The highest BCUT2D eigenvalue weighted by molar-refractivity contribution is 7.82. The predicted octanol–water partition coefficient (Wildman–Crippen LogP) is -0.538. The summed E-state index contributed by atoms with van der Waals surface area (Å²) in [5.41, 5.74) is -0.647. The Labute approximate surface area is 89.1 Å². The molecule has 0 N–H and O–H groups in total.